The first-order valence-corrected chi connectivity index (χ1v) is 6.98. The second-order valence-electron chi connectivity index (χ2n) is 4.86. The molecule has 0 radical (unpaired) electrons. The van der Waals surface area contributed by atoms with Crippen molar-refractivity contribution in [2.75, 3.05) is 5.32 Å². The Morgan fingerprint density at radius 3 is 2.10 bits per heavy atom. The van der Waals surface area contributed by atoms with Crippen LogP contribution in [-0.4, -0.2) is 5.91 Å². The Labute approximate surface area is 128 Å². The number of anilines is 1. The molecule has 0 saturated carbocycles. The molecule has 0 aliphatic rings. The lowest BCUT2D eigenvalue weighted by atomic mass is 9.99. The smallest absolute Gasteiger partial charge is 0.256 e. The van der Waals surface area contributed by atoms with Gasteiger partial charge in [0.05, 0.1) is 10.0 Å². The molecule has 0 fully saturated rings. The Morgan fingerprint density at radius 1 is 0.950 bits per heavy atom. The van der Waals surface area contributed by atoms with E-state index in [1.54, 1.807) is 18.2 Å². The molecule has 0 unspecified atom stereocenters. The van der Waals surface area contributed by atoms with Crippen molar-refractivity contribution in [1.29, 1.82) is 0 Å². The zero-order valence-corrected chi connectivity index (χ0v) is 13.1. The molecular formula is C16H15Cl2NO. The maximum absolute atomic E-state index is 12.4. The number of hydrogen-bond acceptors (Lipinski definition) is 1. The summed E-state index contributed by atoms with van der Waals surface area (Å²) in [6.45, 7) is 5.88. The predicted octanol–water partition coefficient (Wildman–Crippen LogP) is 5.17. The molecule has 1 N–H and O–H groups in total. The standard InChI is InChI=1S/C16H15Cl2NO/c1-9-6-10(2)15(11(3)7-9)16(20)19-12-4-5-13(17)14(18)8-12/h4-8H,1-3H3,(H,19,20). The molecule has 0 aliphatic carbocycles. The van der Waals surface area contributed by atoms with E-state index in [2.05, 4.69) is 5.32 Å². The molecule has 1 amide bonds. The van der Waals surface area contributed by atoms with E-state index >= 15 is 0 Å². The highest BCUT2D eigenvalue weighted by Crippen LogP contribution is 2.26. The lowest BCUT2D eigenvalue weighted by Crippen LogP contribution is -2.15. The molecular weight excluding hydrogens is 293 g/mol. The summed E-state index contributed by atoms with van der Waals surface area (Å²) in [6, 6.07) is 9.02. The summed E-state index contributed by atoms with van der Waals surface area (Å²) < 4.78 is 0. The van der Waals surface area contributed by atoms with Crippen molar-refractivity contribution in [3.63, 3.8) is 0 Å². The number of amides is 1. The van der Waals surface area contributed by atoms with Crippen molar-refractivity contribution in [2.24, 2.45) is 0 Å². The van der Waals surface area contributed by atoms with E-state index < -0.39 is 0 Å². The van der Waals surface area contributed by atoms with E-state index in [9.17, 15) is 4.79 Å². The van der Waals surface area contributed by atoms with Gasteiger partial charge in [-0.15, -0.1) is 0 Å². The highest BCUT2D eigenvalue weighted by molar-refractivity contribution is 6.42. The summed E-state index contributed by atoms with van der Waals surface area (Å²) in [5, 5.41) is 3.73. The molecule has 0 bridgehead atoms. The van der Waals surface area contributed by atoms with Gasteiger partial charge in [0.2, 0.25) is 0 Å². The zero-order chi connectivity index (χ0) is 14.9. The molecule has 2 rings (SSSR count). The number of rotatable bonds is 2. The lowest BCUT2D eigenvalue weighted by Gasteiger charge is -2.12. The summed E-state index contributed by atoms with van der Waals surface area (Å²) in [4.78, 5) is 12.4. The molecule has 2 aromatic rings. The molecule has 0 atom stereocenters. The molecule has 0 spiro atoms. The quantitative estimate of drug-likeness (QED) is 0.814. The van der Waals surface area contributed by atoms with Crippen LogP contribution in [0.25, 0.3) is 0 Å². The monoisotopic (exact) mass is 307 g/mol. The molecule has 4 heteroatoms. The number of benzene rings is 2. The van der Waals surface area contributed by atoms with Crippen LogP contribution in [0.5, 0.6) is 0 Å². The van der Waals surface area contributed by atoms with Gasteiger partial charge < -0.3 is 5.32 Å². The molecule has 2 aromatic carbocycles. The third-order valence-corrected chi connectivity index (χ3v) is 3.82. The minimum absolute atomic E-state index is 0.140. The van der Waals surface area contributed by atoms with Crippen molar-refractivity contribution in [2.45, 2.75) is 20.8 Å². The first-order chi connectivity index (χ1) is 9.38. The zero-order valence-electron chi connectivity index (χ0n) is 11.6. The van der Waals surface area contributed by atoms with E-state index in [0.29, 0.717) is 21.3 Å². The van der Waals surface area contributed by atoms with Crippen LogP contribution in [0.3, 0.4) is 0 Å². The van der Waals surface area contributed by atoms with Crippen molar-refractivity contribution in [3.8, 4) is 0 Å². The third kappa shape index (κ3) is 3.14. The van der Waals surface area contributed by atoms with Crippen LogP contribution in [0, 0.1) is 20.8 Å². The Bertz CT molecular complexity index is 657. The number of nitrogens with one attached hydrogen (secondary N) is 1. The second-order valence-corrected chi connectivity index (χ2v) is 5.67. The summed E-state index contributed by atoms with van der Waals surface area (Å²) in [7, 11) is 0. The van der Waals surface area contributed by atoms with Gasteiger partial charge >= 0.3 is 0 Å². The number of halogens is 2. The van der Waals surface area contributed by atoms with Crippen molar-refractivity contribution in [3.05, 3.63) is 62.6 Å². The fourth-order valence-electron chi connectivity index (χ4n) is 2.31. The van der Waals surface area contributed by atoms with E-state index in [-0.39, 0.29) is 5.91 Å². The van der Waals surface area contributed by atoms with E-state index in [1.165, 1.54) is 0 Å². The predicted molar refractivity (Wildman–Crippen MR) is 85.1 cm³/mol. The highest BCUT2D eigenvalue weighted by Gasteiger charge is 2.13. The largest absolute Gasteiger partial charge is 0.322 e. The summed E-state index contributed by atoms with van der Waals surface area (Å²) in [5.74, 6) is -0.140. The van der Waals surface area contributed by atoms with Gasteiger partial charge in [0.15, 0.2) is 0 Å². The van der Waals surface area contributed by atoms with Gasteiger partial charge in [0, 0.05) is 11.3 Å². The minimum atomic E-state index is -0.140. The number of hydrogen-bond donors (Lipinski definition) is 1. The summed E-state index contributed by atoms with van der Waals surface area (Å²) >= 11 is 11.8. The second kappa shape index (κ2) is 5.86. The van der Waals surface area contributed by atoms with Crippen LogP contribution in [0.1, 0.15) is 27.0 Å². The maximum atomic E-state index is 12.4. The summed E-state index contributed by atoms with van der Waals surface area (Å²) in [6.07, 6.45) is 0. The van der Waals surface area contributed by atoms with Crippen molar-refractivity contribution < 1.29 is 4.79 Å². The van der Waals surface area contributed by atoms with Gasteiger partial charge in [-0.25, -0.2) is 0 Å². The normalized spacial score (nSPS) is 10.4. The average Bonchev–Trinajstić information content (AvgIpc) is 2.32. The number of aryl methyl sites for hydroxylation is 3. The molecule has 20 heavy (non-hydrogen) atoms. The fourth-order valence-corrected chi connectivity index (χ4v) is 2.60. The van der Waals surface area contributed by atoms with Crippen LogP contribution in [0.4, 0.5) is 5.69 Å². The van der Waals surface area contributed by atoms with Gasteiger partial charge in [-0.3, -0.25) is 4.79 Å². The Balaban J connectivity index is 2.31. The van der Waals surface area contributed by atoms with Gasteiger partial charge in [0.1, 0.15) is 0 Å². The van der Waals surface area contributed by atoms with Crippen LogP contribution < -0.4 is 5.32 Å². The average molecular weight is 308 g/mol. The first kappa shape index (κ1) is 14.9. The summed E-state index contributed by atoms with van der Waals surface area (Å²) in [5.41, 5.74) is 4.39. The van der Waals surface area contributed by atoms with Gasteiger partial charge in [0.25, 0.3) is 5.91 Å². The van der Waals surface area contributed by atoms with E-state index in [4.69, 9.17) is 23.2 Å². The Morgan fingerprint density at radius 2 is 1.55 bits per heavy atom. The van der Waals surface area contributed by atoms with Gasteiger partial charge in [-0.2, -0.15) is 0 Å². The SMILES string of the molecule is Cc1cc(C)c(C(=O)Nc2ccc(Cl)c(Cl)c2)c(C)c1. The van der Waals surface area contributed by atoms with E-state index in [0.717, 1.165) is 16.7 Å². The minimum Gasteiger partial charge on any atom is -0.322 e. The van der Waals surface area contributed by atoms with Crippen molar-refractivity contribution >= 4 is 34.8 Å². The van der Waals surface area contributed by atoms with E-state index in [1.807, 2.05) is 32.9 Å². The maximum Gasteiger partial charge on any atom is 0.256 e. The van der Waals surface area contributed by atoms with Gasteiger partial charge in [-0.05, 0) is 50.1 Å². The molecule has 104 valence electrons. The molecule has 0 aromatic heterocycles. The Kier molecular flexibility index (Phi) is 4.36. The van der Waals surface area contributed by atoms with Crippen LogP contribution in [-0.2, 0) is 0 Å². The van der Waals surface area contributed by atoms with Gasteiger partial charge in [-0.1, -0.05) is 40.9 Å². The van der Waals surface area contributed by atoms with Crippen molar-refractivity contribution in [1.82, 2.24) is 0 Å². The Hall–Kier alpha value is -1.51. The molecule has 2 nitrogen and oxygen atoms in total. The first-order valence-electron chi connectivity index (χ1n) is 6.22. The fraction of sp³-hybridized carbons (Fsp3) is 0.188. The van der Waals surface area contributed by atoms with Crippen LogP contribution in [0.15, 0.2) is 30.3 Å². The molecule has 0 heterocycles. The van der Waals surface area contributed by atoms with Crippen LogP contribution in [0.2, 0.25) is 10.0 Å². The topological polar surface area (TPSA) is 29.1 Å². The lowest BCUT2D eigenvalue weighted by molar-refractivity contribution is 0.102. The highest BCUT2D eigenvalue weighted by atomic mass is 35.5. The number of carbonyl (C=O) groups excluding carboxylic acids is 1. The molecule has 0 aliphatic heterocycles. The molecule has 0 saturated heterocycles. The third-order valence-electron chi connectivity index (χ3n) is 3.08. The number of carbonyl (C=O) groups is 1. The van der Waals surface area contributed by atoms with Crippen LogP contribution >= 0.6 is 23.2 Å².